The first-order valence-electron chi connectivity index (χ1n) is 11.3. The smallest absolute Gasteiger partial charge is 0.276 e. The van der Waals surface area contributed by atoms with Crippen molar-refractivity contribution < 1.29 is 9.21 Å². The number of hydrogen-bond donors (Lipinski definition) is 1. The van der Waals surface area contributed by atoms with Crippen LogP contribution in [0.15, 0.2) is 64.4 Å². The van der Waals surface area contributed by atoms with Crippen molar-refractivity contribution in [1.82, 2.24) is 25.2 Å². The Hall–Kier alpha value is -3.17. The standard InChI is InChI=1S/C25H27ClN6O2S/c1-16(2)11-18-7-9-19(10-8-18)17(3)24-29-30-25(34-24)35-15-22-13-32(31-28-22)14-23(33)27-21-6-4-5-20(26)12-21/h4-10,12-13,16-17H,11,14-15H2,1-3H3,(H,27,33). The summed E-state index contributed by atoms with van der Waals surface area (Å²) >= 11 is 7.33. The van der Waals surface area contributed by atoms with Crippen molar-refractivity contribution in [3.63, 3.8) is 0 Å². The molecule has 1 amide bonds. The first kappa shape index (κ1) is 24.9. The van der Waals surface area contributed by atoms with Gasteiger partial charge in [0.25, 0.3) is 5.22 Å². The third kappa shape index (κ3) is 7.16. The predicted octanol–water partition coefficient (Wildman–Crippen LogP) is 5.60. The van der Waals surface area contributed by atoms with E-state index in [0.29, 0.717) is 39.2 Å². The SMILES string of the molecule is CC(C)Cc1ccc(C(C)c2nnc(SCc3cn(CC(=O)Nc4cccc(Cl)c4)nn3)o2)cc1. The van der Waals surface area contributed by atoms with Crippen LogP contribution in [0.5, 0.6) is 0 Å². The van der Waals surface area contributed by atoms with Crippen molar-refractivity contribution in [3.05, 3.63) is 82.5 Å². The molecule has 0 radical (unpaired) electrons. The fourth-order valence-electron chi connectivity index (χ4n) is 3.54. The minimum Gasteiger partial charge on any atom is -0.415 e. The molecule has 0 saturated heterocycles. The van der Waals surface area contributed by atoms with E-state index in [9.17, 15) is 4.79 Å². The van der Waals surface area contributed by atoms with Crippen LogP contribution in [0, 0.1) is 5.92 Å². The summed E-state index contributed by atoms with van der Waals surface area (Å²) in [4.78, 5) is 12.2. The largest absolute Gasteiger partial charge is 0.415 e. The number of carbonyl (C=O) groups is 1. The summed E-state index contributed by atoms with van der Waals surface area (Å²) in [7, 11) is 0. The number of rotatable bonds is 10. The van der Waals surface area contributed by atoms with Gasteiger partial charge in [0.1, 0.15) is 6.54 Å². The van der Waals surface area contributed by atoms with E-state index < -0.39 is 0 Å². The van der Waals surface area contributed by atoms with Gasteiger partial charge in [-0.1, -0.05) is 72.8 Å². The van der Waals surface area contributed by atoms with Gasteiger partial charge in [-0.05, 0) is 48.6 Å². The van der Waals surface area contributed by atoms with Crippen LogP contribution in [0.1, 0.15) is 49.4 Å². The molecule has 2 aromatic heterocycles. The van der Waals surface area contributed by atoms with E-state index in [1.165, 1.54) is 22.0 Å². The third-order valence-corrected chi connectivity index (χ3v) is 6.35. The Morgan fingerprint density at radius 1 is 1.11 bits per heavy atom. The Bertz CT molecular complexity index is 1270. The molecule has 182 valence electrons. The van der Waals surface area contributed by atoms with Crippen molar-refractivity contribution in [1.29, 1.82) is 0 Å². The topological polar surface area (TPSA) is 98.7 Å². The molecule has 0 spiro atoms. The second-order valence-corrected chi connectivity index (χ2v) is 10.1. The monoisotopic (exact) mass is 510 g/mol. The van der Waals surface area contributed by atoms with Gasteiger partial charge in [-0.25, -0.2) is 4.68 Å². The van der Waals surface area contributed by atoms with Gasteiger partial charge >= 0.3 is 0 Å². The van der Waals surface area contributed by atoms with Gasteiger partial charge in [-0.15, -0.1) is 15.3 Å². The second-order valence-electron chi connectivity index (χ2n) is 8.72. The van der Waals surface area contributed by atoms with E-state index in [0.717, 1.165) is 12.0 Å². The first-order valence-corrected chi connectivity index (χ1v) is 12.7. The minimum absolute atomic E-state index is 0.00355. The average molecular weight is 511 g/mol. The zero-order chi connectivity index (χ0) is 24.8. The molecule has 0 aliphatic rings. The Kier molecular flexibility index (Phi) is 8.20. The molecule has 4 aromatic rings. The van der Waals surface area contributed by atoms with Gasteiger partial charge < -0.3 is 9.73 Å². The summed E-state index contributed by atoms with van der Waals surface area (Å²) in [6.45, 7) is 6.53. The number of anilines is 1. The number of halogens is 1. The van der Waals surface area contributed by atoms with Gasteiger partial charge in [0.2, 0.25) is 11.8 Å². The molecule has 1 unspecified atom stereocenters. The van der Waals surface area contributed by atoms with E-state index >= 15 is 0 Å². The lowest BCUT2D eigenvalue weighted by Gasteiger charge is -2.09. The lowest BCUT2D eigenvalue weighted by Crippen LogP contribution is -2.19. The van der Waals surface area contributed by atoms with E-state index in [1.54, 1.807) is 30.5 Å². The molecule has 0 saturated carbocycles. The highest BCUT2D eigenvalue weighted by Gasteiger charge is 2.17. The van der Waals surface area contributed by atoms with E-state index in [-0.39, 0.29) is 18.4 Å². The van der Waals surface area contributed by atoms with Gasteiger partial charge in [0, 0.05) is 22.7 Å². The van der Waals surface area contributed by atoms with Crippen LogP contribution >= 0.6 is 23.4 Å². The maximum absolute atomic E-state index is 12.2. The van der Waals surface area contributed by atoms with Gasteiger partial charge in [-0.3, -0.25) is 4.79 Å². The molecule has 0 bridgehead atoms. The van der Waals surface area contributed by atoms with Crippen molar-refractivity contribution in [2.75, 3.05) is 5.32 Å². The highest BCUT2D eigenvalue weighted by Crippen LogP contribution is 2.27. The summed E-state index contributed by atoms with van der Waals surface area (Å²) in [5, 5.41) is 20.3. The Labute approximate surface area is 213 Å². The second kappa shape index (κ2) is 11.5. The van der Waals surface area contributed by atoms with Crippen molar-refractivity contribution in [2.45, 2.75) is 50.6 Å². The van der Waals surface area contributed by atoms with Crippen molar-refractivity contribution in [3.8, 4) is 0 Å². The van der Waals surface area contributed by atoms with Gasteiger partial charge in [-0.2, -0.15) is 0 Å². The molecular weight excluding hydrogens is 484 g/mol. The Morgan fingerprint density at radius 2 is 1.91 bits per heavy atom. The highest BCUT2D eigenvalue weighted by molar-refractivity contribution is 7.98. The van der Waals surface area contributed by atoms with E-state index in [4.69, 9.17) is 16.0 Å². The molecule has 0 aliphatic heterocycles. The molecule has 10 heteroatoms. The minimum atomic E-state index is -0.218. The molecular formula is C25H27ClN6O2S. The summed E-state index contributed by atoms with van der Waals surface area (Å²) in [6.07, 6.45) is 2.79. The number of thioether (sulfide) groups is 1. The molecule has 0 fully saturated rings. The fourth-order valence-corrected chi connectivity index (χ4v) is 4.38. The van der Waals surface area contributed by atoms with Crippen LogP contribution in [-0.2, 0) is 23.5 Å². The maximum atomic E-state index is 12.2. The van der Waals surface area contributed by atoms with E-state index in [1.807, 2.05) is 0 Å². The number of hydrogen-bond acceptors (Lipinski definition) is 7. The van der Waals surface area contributed by atoms with Crippen LogP contribution in [0.3, 0.4) is 0 Å². The summed E-state index contributed by atoms with van der Waals surface area (Å²) < 4.78 is 7.36. The number of aromatic nitrogens is 5. The number of carbonyl (C=O) groups excluding carboxylic acids is 1. The zero-order valence-electron chi connectivity index (χ0n) is 19.8. The Morgan fingerprint density at radius 3 is 2.66 bits per heavy atom. The first-order chi connectivity index (χ1) is 16.9. The summed E-state index contributed by atoms with van der Waals surface area (Å²) in [6, 6.07) is 15.6. The molecule has 0 aliphatic carbocycles. The van der Waals surface area contributed by atoms with Crippen LogP contribution in [0.2, 0.25) is 5.02 Å². The molecule has 8 nitrogen and oxygen atoms in total. The number of benzene rings is 2. The van der Waals surface area contributed by atoms with Crippen molar-refractivity contribution in [2.24, 2.45) is 5.92 Å². The van der Waals surface area contributed by atoms with Gasteiger partial charge in [0.15, 0.2) is 0 Å². The molecule has 4 rings (SSSR count). The summed E-state index contributed by atoms with van der Waals surface area (Å²) in [5.74, 6) is 1.48. The molecule has 1 N–H and O–H groups in total. The fraction of sp³-hybridized carbons (Fsp3) is 0.320. The van der Waals surface area contributed by atoms with Crippen LogP contribution in [0.4, 0.5) is 5.69 Å². The lowest BCUT2D eigenvalue weighted by molar-refractivity contribution is -0.116. The third-order valence-electron chi connectivity index (χ3n) is 5.26. The van der Waals surface area contributed by atoms with E-state index in [2.05, 4.69) is 70.9 Å². The maximum Gasteiger partial charge on any atom is 0.276 e. The average Bonchev–Trinajstić information content (AvgIpc) is 3.47. The highest BCUT2D eigenvalue weighted by atomic mass is 35.5. The normalized spacial score (nSPS) is 12.1. The Balaban J connectivity index is 1.28. The molecule has 35 heavy (non-hydrogen) atoms. The summed E-state index contributed by atoms with van der Waals surface area (Å²) in [5.41, 5.74) is 3.80. The number of nitrogens with zero attached hydrogens (tertiary/aromatic N) is 5. The predicted molar refractivity (Wildman–Crippen MR) is 136 cm³/mol. The number of amides is 1. The van der Waals surface area contributed by atoms with Crippen LogP contribution in [0.25, 0.3) is 0 Å². The van der Waals surface area contributed by atoms with Crippen LogP contribution in [-0.4, -0.2) is 31.1 Å². The van der Waals surface area contributed by atoms with Gasteiger partial charge in [0.05, 0.1) is 11.6 Å². The zero-order valence-corrected chi connectivity index (χ0v) is 21.4. The molecule has 1 atom stereocenters. The van der Waals surface area contributed by atoms with Crippen molar-refractivity contribution >= 4 is 35.0 Å². The number of nitrogens with one attached hydrogen (secondary N) is 1. The molecule has 2 heterocycles. The molecule has 2 aromatic carbocycles. The van der Waals surface area contributed by atoms with Crippen LogP contribution < -0.4 is 5.32 Å². The quantitative estimate of drug-likeness (QED) is 0.277. The lowest BCUT2D eigenvalue weighted by atomic mass is 9.97.